The van der Waals surface area contributed by atoms with Gasteiger partial charge in [-0.3, -0.25) is 0 Å². The first-order valence-electron chi connectivity index (χ1n) is 40.4. The Balaban J connectivity index is 0.933. The van der Waals surface area contributed by atoms with Crippen molar-refractivity contribution in [3.05, 3.63) is 289 Å². The summed E-state index contributed by atoms with van der Waals surface area (Å²) in [6.07, 6.45) is -0.254. The molecule has 0 atom stereocenters. The van der Waals surface area contributed by atoms with Crippen LogP contribution in [0, 0.1) is 0 Å². The molecule has 0 aliphatic rings. The Labute approximate surface area is 719 Å². The van der Waals surface area contributed by atoms with Gasteiger partial charge in [-0.1, -0.05) is 218 Å². The van der Waals surface area contributed by atoms with E-state index in [-0.39, 0.29) is 77.4 Å². The summed E-state index contributed by atoms with van der Waals surface area (Å²) in [5.41, 5.74) is 12.0. The van der Waals surface area contributed by atoms with Crippen LogP contribution in [0.15, 0.2) is 267 Å². The molecule has 0 saturated carbocycles. The van der Waals surface area contributed by atoms with Gasteiger partial charge in [0.25, 0.3) is 0 Å². The number of hydrogen-bond donors (Lipinski definition) is 0. The number of fused-ring (bicyclic) bond motifs is 8. The van der Waals surface area contributed by atoms with Gasteiger partial charge in [-0.25, -0.2) is 50.5 Å². The summed E-state index contributed by atoms with van der Waals surface area (Å²) in [4.78, 5) is 0. The van der Waals surface area contributed by atoms with E-state index in [1.165, 1.54) is 0 Å². The largest absolute Gasteiger partial charge is 0.748 e. The predicted molar refractivity (Wildman–Crippen MR) is 485 cm³/mol. The molecule has 0 heterocycles. The normalized spacial score (nSPS) is 12.6. The summed E-state index contributed by atoms with van der Waals surface area (Å²) in [6, 6.07) is 85.5. The molecule has 0 radical (unpaired) electrons. The predicted octanol–water partition coefficient (Wildman–Crippen LogP) is 19.1. The highest BCUT2D eigenvalue weighted by molar-refractivity contribution is 7.86. The minimum atomic E-state index is -4.73. The van der Waals surface area contributed by atoms with Crippen LogP contribution in [0.2, 0.25) is 0 Å². The minimum Gasteiger partial charge on any atom is -0.748 e. The highest BCUT2D eigenvalue weighted by Crippen LogP contribution is 2.53. The van der Waals surface area contributed by atoms with Crippen molar-refractivity contribution in [3.63, 3.8) is 0 Å². The molecule has 124 heavy (non-hydrogen) atoms. The summed E-state index contributed by atoms with van der Waals surface area (Å²) in [5.74, 6) is -3.58. The van der Waals surface area contributed by atoms with Crippen LogP contribution in [0.5, 0.6) is 11.5 Å². The summed E-state index contributed by atoms with van der Waals surface area (Å²) in [5, 5.41) is 12.7. The molecular weight excluding hydrogens is 1690 g/mol. The number of benzene rings is 16. The molecule has 0 unspecified atom stereocenters. The number of aryl methyl sites for hydroxylation is 4. The van der Waals surface area contributed by atoms with E-state index in [2.05, 4.69) is 24.3 Å². The molecule has 634 valence electrons. The van der Waals surface area contributed by atoms with Crippen molar-refractivity contribution in [3.8, 4) is 89.4 Å². The Morgan fingerprint density at radius 1 is 0.202 bits per heavy atom. The maximum absolute atomic E-state index is 12.5. The summed E-state index contributed by atoms with van der Waals surface area (Å²) >= 11 is 0. The molecule has 0 bridgehead atoms. The lowest BCUT2D eigenvalue weighted by Crippen LogP contribution is -2.09. The minimum absolute atomic E-state index is 0.0476. The zero-order valence-electron chi connectivity index (χ0n) is 66.7. The van der Waals surface area contributed by atoms with E-state index < -0.39 is 95.2 Å². The van der Waals surface area contributed by atoms with Gasteiger partial charge in [-0.2, -0.15) is 0 Å². The highest BCUT2D eigenvalue weighted by atomic mass is 32.2. The Kier molecular flexibility index (Phi) is 24.6. The molecule has 26 heteroatoms. The van der Waals surface area contributed by atoms with Crippen molar-refractivity contribution in [2.45, 2.75) is 64.2 Å². The van der Waals surface area contributed by atoms with E-state index in [1.807, 2.05) is 231 Å². The van der Waals surface area contributed by atoms with Crippen molar-refractivity contribution in [1.29, 1.82) is 0 Å². The van der Waals surface area contributed by atoms with Crippen LogP contribution in [0.25, 0.3) is 164 Å². The fourth-order valence-electron chi connectivity index (χ4n) is 17.8. The highest BCUT2D eigenvalue weighted by Gasteiger charge is 2.29. The van der Waals surface area contributed by atoms with E-state index in [1.54, 1.807) is 12.1 Å². The Morgan fingerprint density at radius 2 is 0.403 bits per heavy atom. The van der Waals surface area contributed by atoms with Crippen LogP contribution < -0.4 is 9.47 Å². The summed E-state index contributed by atoms with van der Waals surface area (Å²) in [6.45, 7) is -0.431. The second-order valence-corrected chi connectivity index (χ2v) is 40.4. The maximum atomic E-state index is 12.5. The zero-order valence-corrected chi connectivity index (χ0v) is 71.6. The zero-order chi connectivity index (χ0) is 87.0. The van der Waals surface area contributed by atoms with Crippen molar-refractivity contribution in [2.24, 2.45) is 0 Å². The van der Waals surface area contributed by atoms with E-state index in [9.17, 15) is 77.8 Å². The average Bonchev–Trinajstić information content (AvgIpc) is 0.723. The van der Waals surface area contributed by atoms with Crippen LogP contribution in [0.3, 0.4) is 0 Å². The molecule has 0 N–H and O–H groups in total. The van der Waals surface area contributed by atoms with E-state index in [0.717, 1.165) is 54.2 Å². The number of ether oxygens (including phenoxy) is 2. The third-order valence-electron chi connectivity index (χ3n) is 22.9. The van der Waals surface area contributed by atoms with Crippen molar-refractivity contribution in [1.82, 2.24) is 0 Å². The van der Waals surface area contributed by atoms with Gasteiger partial charge in [0.15, 0.2) is 0 Å². The van der Waals surface area contributed by atoms with Crippen LogP contribution >= 0.6 is 0 Å². The maximum Gasteiger partial charge on any atom is 0.127 e. The standard InChI is InChI=1S/C98H86O20S6/c99-119(100,101)49-17-27-69-57-71(29-19-51-121(105,106)107)87(61-85(69)93-73-31-5-1-23-65(73)55-66-24-2-6-32-74(66)93)95-77-35-9-13-39-81(77)97(82-40-14-10-36-78(82)95)89-59-63(43-45-91(89)117-47-21-53-123(111,112)113)64-44-46-92(118-48-22-54-124(114,115)116)90(60-64)98-83-41-15-11-37-79(83)96(80-38-12-16-42-84(80)98)88-62-86(94-75-33-7-3-25-67(75)56-68-26-4-8-34-76(68)94)70(28-18-50-120(102,103)104)58-72(88)30-20-52-122(108,109)110/h1-16,23-26,31-46,55-62H,17-22,27-30,47-54H2,(H,99,100,101)(H,102,103,104)(H,105,106,107)(H,108,109,110)(H,111,112,113)(H,114,115,116)/p-6. The molecule has 0 amide bonds. The summed E-state index contributed by atoms with van der Waals surface area (Å²) in [7, 11) is -28.2. The average molecular weight is 1770 g/mol. The van der Waals surface area contributed by atoms with Gasteiger partial charge in [0.05, 0.1) is 73.9 Å². The van der Waals surface area contributed by atoms with Gasteiger partial charge in [0.2, 0.25) is 0 Å². The smallest absolute Gasteiger partial charge is 0.127 e. The molecule has 16 rings (SSSR count). The van der Waals surface area contributed by atoms with Gasteiger partial charge in [-0.15, -0.1) is 0 Å². The Bertz CT molecular complexity index is 7030. The molecule has 20 nitrogen and oxygen atoms in total. The fraction of sp³-hybridized carbons (Fsp3) is 0.184. The van der Waals surface area contributed by atoms with Crippen LogP contribution in [0.1, 0.15) is 60.8 Å². The van der Waals surface area contributed by atoms with Crippen LogP contribution in [-0.2, 0) is 86.4 Å². The monoisotopic (exact) mass is 1770 g/mol. The third kappa shape index (κ3) is 19.3. The molecule has 0 spiro atoms. The molecule has 16 aromatic carbocycles. The molecular formula is C98H80O20S6-6. The second-order valence-electron chi connectivity index (χ2n) is 31.2. The van der Waals surface area contributed by atoms with Gasteiger partial charge < -0.3 is 36.8 Å². The topological polar surface area (TPSA) is 362 Å². The van der Waals surface area contributed by atoms with Gasteiger partial charge in [0.1, 0.15) is 11.5 Å². The first kappa shape index (κ1) is 86.2. The molecule has 0 saturated heterocycles. The van der Waals surface area contributed by atoms with E-state index >= 15 is 0 Å². The molecule has 0 aliphatic heterocycles. The SMILES string of the molecule is O=S(=O)([O-])CCCOc1ccc(-c2ccc(OCCCS(=O)(=O)[O-])c(-c3c4ccccc4c(-c4cc(-c5c6ccccc6cc6ccccc56)c(CCCS(=O)(=O)[O-])cc4CCCS(=O)(=O)[O-])c4ccccc34)c2)cc1-c1c2ccccc2c(-c2cc(-c3c4ccccc4cc4ccccc34)c(CCCS(=O)(=O)[O-])cc2CCCS(=O)(=O)[O-])c2ccccc12. The third-order valence-corrected chi connectivity index (χ3v) is 27.7. The lowest BCUT2D eigenvalue weighted by Gasteiger charge is -2.24. The first-order chi connectivity index (χ1) is 59.3. The number of rotatable bonds is 33. The van der Waals surface area contributed by atoms with Crippen LogP contribution in [-0.4, -0.2) is 126 Å². The van der Waals surface area contributed by atoms with Crippen molar-refractivity contribution < 1.29 is 87.3 Å². The van der Waals surface area contributed by atoms with E-state index in [0.29, 0.717) is 144 Å². The van der Waals surface area contributed by atoms with Crippen LogP contribution in [0.4, 0.5) is 0 Å². The number of hydrogen-bond acceptors (Lipinski definition) is 20. The fourth-order valence-corrected chi connectivity index (χ4v) is 20.8. The molecule has 16 aromatic rings. The Morgan fingerprint density at radius 3 is 0.637 bits per heavy atom. The quantitative estimate of drug-likeness (QED) is 0.0209. The Hall–Kier alpha value is -11.3. The first-order valence-corrected chi connectivity index (χ1v) is 49.9. The van der Waals surface area contributed by atoms with Crippen molar-refractivity contribution >= 4 is 147 Å². The molecule has 0 fully saturated rings. The lowest BCUT2D eigenvalue weighted by molar-refractivity contribution is 0.317. The van der Waals surface area contributed by atoms with Gasteiger partial charge in [-0.05, 0) is 277 Å². The van der Waals surface area contributed by atoms with Gasteiger partial charge >= 0.3 is 0 Å². The lowest BCUT2D eigenvalue weighted by atomic mass is 9.80. The summed E-state index contributed by atoms with van der Waals surface area (Å²) < 4.78 is 236. The second kappa shape index (κ2) is 35.4. The molecule has 0 aliphatic carbocycles. The van der Waals surface area contributed by atoms with Crippen molar-refractivity contribution in [2.75, 3.05) is 47.7 Å². The van der Waals surface area contributed by atoms with Gasteiger partial charge in [0, 0.05) is 56.8 Å². The van der Waals surface area contributed by atoms with E-state index in [4.69, 9.17) is 9.47 Å². The molecule has 0 aromatic heterocycles.